The Hall–Kier alpha value is -3.51. The molecule has 2 aliphatic rings. The Morgan fingerprint density at radius 1 is 0.935 bits per heavy atom. The molecule has 4 nitrogen and oxygen atoms in total. The number of amides is 1. The molecule has 1 saturated heterocycles. The number of thiocarbonyl (C=S) groups is 1. The molecule has 0 unspecified atom stereocenters. The van der Waals surface area contributed by atoms with Gasteiger partial charge in [-0.15, -0.1) is 0 Å². The van der Waals surface area contributed by atoms with Crippen LogP contribution in [0.15, 0.2) is 78.9 Å². The van der Waals surface area contributed by atoms with E-state index in [0.29, 0.717) is 17.2 Å². The van der Waals surface area contributed by atoms with Crippen molar-refractivity contribution in [2.24, 2.45) is 0 Å². The quantitative estimate of drug-likeness (QED) is 0.460. The fraction of sp³-hybridized carbons (Fsp3) is 0.120. The summed E-state index contributed by atoms with van der Waals surface area (Å²) in [6, 6.07) is 23.6. The van der Waals surface area contributed by atoms with Crippen LogP contribution in [0.1, 0.15) is 22.9 Å². The van der Waals surface area contributed by atoms with Crippen molar-refractivity contribution in [3.63, 3.8) is 0 Å². The molecule has 0 aliphatic carbocycles. The molecule has 152 valence electrons. The summed E-state index contributed by atoms with van der Waals surface area (Å²) in [7, 11) is 0. The minimum absolute atomic E-state index is 0.0755. The molecule has 0 bridgehead atoms. The number of nitrogens with zero attached hydrogens (tertiary/aromatic N) is 2. The maximum atomic E-state index is 13.6. The van der Waals surface area contributed by atoms with Gasteiger partial charge in [0.1, 0.15) is 11.9 Å². The molecule has 31 heavy (non-hydrogen) atoms. The number of anilines is 1. The highest BCUT2D eigenvalue weighted by atomic mass is 32.1. The van der Waals surface area contributed by atoms with Gasteiger partial charge in [0.2, 0.25) is 0 Å². The van der Waals surface area contributed by atoms with Crippen molar-refractivity contribution in [1.82, 2.24) is 9.88 Å². The maximum absolute atomic E-state index is 13.6. The Morgan fingerprint density at radius 2 is 1.65 bits per heavy atom. The van der Waals surface area contributed by atoms with Crippen LogP contribution in [0.25, 0.3) is 10.9 Å². The predicted molar refractivity (Wildman–Crippen MR) is 122 cm³/mol. The first-order valence-corrected chi connectivity index (χ1v) is 10.6. The Kier molecular flexibility index (Phi) is 3.98. The number of carbonyl (C=O) groups is 1. The summed E-state index contributed by atoms with van der Waals surface area (Å²) in [6.07, 6.45) is 0.569. The van der Waals surface area contributed by atoms with Crippen molar-refractivity contribution in [1.29, 1.82) is 0 Å². The van der Waals surface area contributed by atoms with Crippen LogP contribution in [-0.2, 0) is 11.2 Å². The second-order valence-corrected chi connectivity index (χ2v) is 8.30. The summed E-state index contributed by atoms with van der Waals surface area (Å²) in [6.45, 7) is 0. The fourth-order valence-corrected chi connectivity index (χ4v) is 5.31. The van der Waals surface area contributed by atoms with Gasteiger partial charge in [0.15, 0.2) is 5.11 Å². The summed E-state index contributed by atoms with van der Waals surface area (Å²) in [5.74, 6) is -0.420. The van der Waals surface area contributed by atoms with Crippen LogP contribution >= 0.6 is 12.2 Å². The van der Waals surface area contributed by atoms with Gasteiger partial charge < -0.3 is 9.88 Å². The van der Waals surface area contributed by atoms with Crippen LogP contribution in [0, 0.1) is 5.82 Å². The first kappa shape index (κ1) is 18.3. The highest BCUT2D eigenvalue weighted by molar-refractivity contribution is 7.80. The number of hydrogen-bond donors (Lipinski definition) is 1. The predicted octanol–water partition coefficient (Wildman–Crippen LogP) is 4.95. The molecule has 0 radical (unpaired) electrons. The number of aromatic nitrogens is 1. The van der Waals surface area contributed by atoms with Crippen molar-refractivity contribution in [2.45, 2.75) is 18.5 Å². The van der Waals surface area contributed by atoms with Gasteiger partial charge in [-0.1, -0.05) is 48.5 Å². The van der Waals surface area contributed by atoms with E-state index in [2.05, 4.69) is 29.2 Å². The largest absolute Gasteiger partial charge is 0.356 e. The smallest absolute Gasteiger partial charge is 0.256 e. The number of halogens is 1. The zero-order valence-electron chi connectivity index (χ0n) is 16.5. The molecule has 1 aromatic heterocycles. The van der Waals surface area contributed by atoms with E-state index in [0.717, 1.165) is 27.7 Å². The first-order valence-electron chi connectivity index (χ1n) is 10.2. The van der Waals surface area contributed by atoms with Gasteiger partial charge in [-0.2, -0.15) is 0 Å². The van der Waals surface area contributed by atoms with E-state index in [9.17, 15) is 9.18 Å². The van der Waals surface area contributed by atoms with E-state index >= 15 is 0 Å². The van der Waals surface area contributed by atoms with E-state index in [1.54, 1.807) is 17.0 Å². The van der Waals surface area contributed by atoms with Crippen molar-refractivity contribution >= 4 is 39.8 Å². The average molecular weight is 428 g/mol. The first-order chi connectivity index (χ1) is 15.1. The van der Waals surface area contributed by atoms with E-state index in [1.165, 1.54) is 12.1 Å². The standard InChI is InChI=1S/C25H18FN3OS/c26-16-10-12-17(13-11-16)28-24(30)21-14-19-18-8-4-5-9-20(18)27-22(19)23(29(21)25(28)31)15-6-2-1-3-7-15/h1-13,21,23,27H,14H2/t21-,23+/m0/s1. The highest BCUT2D eigenvalue weighted by Crippen LogP contribution is 2.44. The van der Waals surface area contributed by atoms with Gasteiger partial charge in [-0.3, -0.25) is 9.69 Å². The second kappa shape index (κ2) is 6.75. The van der Waals surface area contributed by atoms with Crippen LogP contribution in [-0.4, -0.2) is 26.9 Å². The topological polar surface area (TPSA) is 39.3 Å². The lowest BCUT2D eigenvalue weighted by Crippen LogP contribution is -2.44. The van der Waals surface area contributed by atoms with Crippen molar-refractivity contribution < 1.29 is 9.18 Å². The number of aromatic amines is 1. The number of hydrogen-bond acceptors (Lipinski definition) is 2. The summed E-state index contributed by atoms with van der Waals surface area (Å²) >= 11 is 5.84. The molecule has 1 N–H and O–H groups in total. The van der Waals surface area contributed by atoms with E-state index in [1.807, 2.05) is 35.2 Å². The Morgan fingerprint density at radius 3 is 2.42 bits per heavy atom. The number of nitrogens with one attached hydrogen (secondary N) is 1. The Labute approximate surface area is 183 Å². The Balaban J connectivity index is 1.54. The lowest BCUT2D eigenvalue weighted by Gasteiger charge is -2.37. The minimum Gasteiger partial charge on any atom is -0.356 e. The Bertz CT molecular complexity index is 1330. The third kappa shape index (κ3) is 2.65. The number of carbonyl (C=O) groups excluding carboxylic acids is 1. The molecular weight excluding hydrogens is 409 g/mol. The van der Waals surface area contributed by atoms with Gasteiger partial charge in [0, 0.05) is 23.0 Å². The second-order valence-electron chi connectivity index (χ2n) is 7.94. The maximum Gasteiger partial charge on any atom is 0.256 e. The highest BCUT2D eigenvalue weighted by Gasteiger charge is 2.50. The molecule has 0 saturated carbocycles. The van der Waals surface area contributed by atoms with Gasteiger partial charge >= 0.3 is 0 Å². The monoisotopic (exact) mass is 427 g/mol. The molecule has 1 amide bonds. The van der Waals surface area contributed by atoms with Gasteiger partial charge in [-0.25, -0.2) is 4.39 Å². The van der Waals surface area contributed by atoms with Crippen molar-refractivity contribution in [3.05, 3.63) is 102 Å². The van der Waals surface area contributed by atoms with Crippen LogP contribution in [0.4, 0.5) is 10.1 Å². The minimum atomic E-state index is -0.408. The molecule has 2 atom stereocenters. The molecule has 6 rings (SSSR count). The van der Waals surface area contributed by atoms with Crippen LogP contribution in [0.3, 0.4) is 0 Å². The molecule has 3 heterocycles. The number of H-pyrrole nitrogens is 1. The molecule has 2 aliphatic heterocycles. The van der Waals surface area contributed by atoms with E-state index in [-0.39, 0.29) is 17.8 Å². The van der Waals surface area contributed by atoms with Crippen LogP contribution < -0.4 is 4.90 Å². The zero-order valence-corrected chi connectivity index (χ0v) is 17.3. The summed E-state index contributed by atoms with van der Waals surface area (Å²) in [5, 5.41) is 1.58. The molecule has 6 heteroatoms. The molecule has 4 aromatic rings. The number of benzene rings is 3. The molecule has 1 fully saturated rings. The molecule has 3 aromatic carbocycles. The molecule has 0 spiro atoms. The third-order valence-corrected chi connectivity index (χ3v) is 6.64. The zero-order chi connectivity index (χ0) is 21.1. The van der Waals surface area contributed by atoms with E-state index in [4.69, 9.17) is 12.2 Å². The molecular formula is C25H18FN3OS. The number of rotatable bonds is 2. The van der Waals surface area contributed by atoms with Gasteiger partial charge in [0.05, 0.1) is 11.7 Å². The van der Waals surface area contributed by atoms with Gasteiger partial charge in [0.25, 0.3) is 5.91 Å². The van der Waals surface area contributed by atoms with Crippen molar-refractivity contribution in [3.8, 4) is 0 Å². The lowest BCUT2D eigenvalue weighted by molar-refractivity contribution is -0.120. The normalized spacial score (nSPS) is 20.3. The third-order valence-electron chi connectivity index (χ3n) is 6.25. The summed E-state index contributed by atoms with van der Waals surface area (Å²) in [5.41, 5.74) is 4.94. The summed E-state index contributed by atoms with van der Waals surface area (Å²) < 4.78 is 13.5. The van der Waals surface area contributed by atoms with Crippen LogP contribution in [0.5, 0.6) is 0 Å². The average Bonchev–Trinajstić information content (AvgIpc) is 3.29. The number of fused-ring (bicyclic) bond motifs is 4. The van der Waals surface area contributed by atoms with Gasteiger partial charge in [-0.05, 0) is 53.7 Å². The SMILES string of the molecule is O=C1[C@@H]2Cc3c([nH]c4ccccc34)[C@@H](c3ccccc3)N2C(=S)N1c1ccc(F)cc1. The van der Waals surface area contributed by atoms with Crippen LogP contribution in [0.2, 0.25) is 0 Å². The lowest BCUT2D eigenvalue weighted by atomic mass is 9.89. The van der Waals surface area contributed by atoms with E-state index < -0.39 is 6.04 Å². The summed E-state index contributed by atoms with van der Waals surface area (Å²) in [4.78, 5) is 20.7. The van der Waals surface area contributed by atoms with Crippen molar-refractivity contribution in [2.75, 3.05) is 4.90 Å². The fourth-order valence-electron chi connectivity index (χ4n) is 4.88. The number of para-hydroxylation sites is 1.